The maximum absolute atomic E-state index is 12.1. The molecule has 1 aromatic carbocycles. The predicted octanol–water partition coefficient (Wildman–Crippen LogP) is 5.78. The van der Waals surface area contributed by atoms with Crippen molar-refractivity contribution in [1.29, 1.82) is 0 Å². The minimum atomic E-state index is -1.89. The Morgan fingerprint density at radius 3 is 2.22 bits per heavy atom. The molecule has 1 atom stereocenters. The molecular weight excluding hydrogens is 429 g/mol. The van der Waals surface area contributed by atoms with Crippen molar-refractivity contribution in [2.75, 3.05) is 5.32 Å². The average Bonchev–Trinajstić information content (AvgIpc) is 2.93. The summed E-state index contributed by atoms with van der Waals surface area (Å²) in [4.78, 5) is 12.1. The summed E-state index contributed by atoms with van der Waals surface area (Å²) >= 11 is 35.7. The van der Waals surface area contributed by atoms with Crippen LogP contribution in [-0.2, 0) is 0 Å². The fourth-order valence-electron chi connectivity index (χ4n) is 1.63. The molecule has 0 radical (unpaired) electrons. The van der Waals surface area contributed by atoms with E-state index in [9.17, 15) is 4.79 Å². The molecule has 23 heavy (non-hydrogen) atoms. The molecule has 1 aromatic heterocycles. The van der Waals surface area contributed by atoms with Crippen molar-refractivity contribution in [3.8, 4) is 0 Å². The van der Waals surface area contributed by atoms with Gasteiger partial charge in [-0.15, -0.1) is 0 Å². The number of furan rings is 1. The van der Waals surface area contributed by atoms with Crippen LogP contribution in [0.1, 0.15) is 10.6 Å². The Bertz CT molecular complexity index is 676. The average molecular weight is 437 g/mol. The smallest absolute Gasteiger partial charge is 0.288 e. The number of alkyl halides is 3. The molecule has 0 bridgehead atoms. The third-order valence-electron chi connectivity index (χ3n) is 2.64. The molecule has 0 aliphatic heterocycles. The van der Waals surface area contributed by atoms with Gasteiger partial charge in [0.15, 0.2) is 5.76 Å². The van der Waals surface area contributed by atoms with E-state index in [1.54, 1.807) is 6.07 Å². The zero-order valence-electron chi connectivity index (χ0n) is 11.0. The van der Waals surface area contributed by atoms with E-state index in [2.05, 4.69) is 10.6 Å². The predicted molar refractivity (Wildman–Crippen MR) is 95.3 cm³/mol. The molecule has 1 amide bonds. The maximum Gasteiger partial charge on any atom is 0.288 e. The Morgan fingerprint density at radius 1 is 1.13 bits per heavy atom. The number of carbonyl (C=O) groups excluding carboxylic acids is 1. The van der Waals surface area contributed by atoms with Gasteiger partial charge in [0.2, 0.25) is 3.79 Å². The van der Waals surface area contributed by atoms with Gasteiger partial charge in [-0.3, -0.25) is 4.79 Å². The molecule has 0 saturated carbocycles. The van der Waals surface area contributed by atoms with Crippen LogP contribution >= 0.6 is 69.6 Å². The molecule has 0 aliphatic rings. The van der Waals surface area contributed by atoms with Gasteiger partial charge in [-0.1, -0.05) is 69.6 Å². The molecule has 0 saturated heterocycles. The topological polar surface area (TPSA) is 54.3 Å². The Hall–Kier alpha value is -0.490. The van der Waals surface area contributed by atoms with Crippen LogP contribution in [0.15, 0.2) is 34.9 Å². The van der Waals surface area contributed by atoms with Crippen LogP contribution in [-0.4, -0.2) is 15.9 Å². The number of hydrogen-bond donors (Lipinski definition) is 2. The second-order valence-corrected chi connectivity index (χ2v) is 7.93. The molecule has 0 aliphatic carbocycles. The van der Waals surface area contributed by atoms with Crippen LogP contribution in [0.4, 0.5) is 5.69 Å². The second kappa shape index (κ2) is 7.60. The summed E-state index contributed by atoms with van der Waals surface area (Å²) in [5.41, 5.74) is 0.258. The fourth-order valence-corrected chi connectivity index (χ4v) is 2.89. The number of rotatable bonds is 4. The lowest BCUT2D eigenvalue weighted by molar-refractivity contribution is 0.0914. The third-order valence-corrected chi connectivity index (χ3v) is 4.11. The second-order valence-electron chi connectivity index (χ2n) is 4.31. The monoisotopic (exact) mass is 434 g/mol. The first kappa shape index (κ1) is 18.8. The summed E-state index contributed by atoms with van der Waals surface area (Å²) in [6.45, 7) is 0. The molecule has 1 heterocycles. The number of amides is 1. The maximum atomic E-state index is 12.1. The molecule has 2 rings (SSSR count). The van der Waals surface area contributed by atoms with Crippen LogP contribution in [0.2, 0.25) is 15.1 Å². The van der Waals surface area contributed by atoms with Crippen LogP contribution < -0.4 is 10.6 Å². The highest BCUT2D eigenvalue weighted by atomic mass is 35.6. The van der Waals surface area contributed by atoms with Crippen molar-refractivity contribution in [3.63, 3.8) is 0 Å². The lowest BCUT2D eigenvalue weighted by Gasteiger charge is -2.28. The quantitative estimate of drug-likeness (QED) is 0.472. The summed E-state index contributed by atoms with van der Waals surface area (Å²) < 4.78 is 3.09. The highest BCUT2D eigenvalue weighted by molar-refractivity contribution is 6.68. The van der Waals surface area contributed by atoms with E-state index in [0.717, 1.165) is 0 Å². The lowest BCUT2D eigenvalue weighted by Crippen LogP contribution is -2.49. The van der Waals surface area contributed by atoms with Gasteiger partial charge in [0, 0.05) is 5.02 Å². The van der Waals surface area contributed by atoms with Crippen molar-refractivity contribution in [2.45, 2.75) is 9.96 Å². The first-order valence-electron chi connectivity index (χ1n) is 6.00. The number of nitrogens with one attached hydrogen (secondary N) is 2. The molecular formula is C13H8Cl6N2O2. The fraction of sp³-hybridized carbons (Fsp3) is 0.154. The van der Waals surface area contributed by atoms with Gasteiger partial charge >= 0.3 is 0 Å². The molecule has 4 nitrogen and oxygen atoms in total. The molecule has 124 valence electrons. The van der Waals surface area contributed by atoms with Crippen LogP contribution in [0.25, 0.3) is 0 Å². The normalized spacial score (nSPS) is 12.8. The number of halogens is 6. The minimum absolute atomic E-state index is 0.0550. The Balaban J connectivity index is 2.25. The van der Waals surface area contributed by atoms with Crippen LogP contribution in [0.3, 0.4) is 0 Å². The van der Waals surface area contributed by atoms with E-state index in [0.29, 0.717) is 5.02 Å². The van der Waals surface area contributed by atoms with Gasteiger partial charge in [0.25, 0.3) is 5.91 Å². The van der Waals surface area contributed by atoms with Gasteiger partial charge in [-0.25, -0.2) is 0 Å². The molecule has 0 unspecified atom stereocenters. The molecule has 0 fully saturated rings. The first-order valence-corrected chi connectivity index (χ1v) is 8.27. The summed E-state index contributed by atoms with van der Waals surface area (Å²) in [5.74, 6) is -0.528. The number of benzene rings is 1. The number of carbonyl (C=O) groups is 1. The van der Waals surface area contributed by atoms with Crippen molar-refractivity contribution < 1.29 is 9.21 Å². The van der Waals surface area contributed by atoms with E-state index < -0.39 is 15.9 Å². The number of hydrogen-bond acceptors (Lipinski definition) is 3. The van der Waals surface area contributed by atoms with Crippen LogP contribution in [0, 0.1) is 0 Å². The summed E-state index contributed by atoms with van der Waals surface area (Å²) in [6, 6.07) is 5.94. The summed E-state index contributed by atoms with van der Waals surface area (Å²) in [6.07, 6.45) is 0.209. The van der Waals surface area contributed by atoms with Gasteiger partial charge in [0.05, 0.1) is 22.0 Å². The third kappa shape index (κ3) is 4.99. The standard InChI is InChI=1S/C13H8Cl6N2O2/c14-6-4-7(15)10(8(16)5-6)20-12(13(17,18)19)21-11(22)9-2-1-3-23-9/h1-5,12,20H,(H,21,22)/t12-/m1/s1. The first-order chi connectivity index (χ1) is 10.7. The molecule has 2 N–H and O–H groups in total. The van der Waals surface area contributed by atoms with Crippen molar-refractivity contribution in [2.24, 2.45) is 0 Å². The molecule has 0 spiro atoms. The van der Waals surface area contributed by atoms with E-state index in [1.165, 1.54) is 24.5 Å². The van der Waals surface area contributed by atoms with Crippen molar-refractivity contribution in [1.82, 2.24) is 5.32 Å². The number of anilines is 1. The Kier molecular flexibility index (Phi) is 6.22. The van der Waals surface area contributed by atoms with Crippen molar-refractivity contribution in [3.05, 3.63) is 51.4 Å². The SMILES string of the molecule is O=C(N[C@@H](Nc1c(Cl)cc(Cl)cc1Cl)C(Cl)(Cl)Cl)c1ccco1. The summed E-state index contributed by atoms with van der Waals surface area (Å²) in [5, 5.41) is 6.02. The Labute approximate surface area is 161 Å². The lowest BCUT2D eigenvalue weighted by atomic mass is 10.3. The van der Waals surface area contributed by atoms with Gasteiger partial charge in [-0.05, 0) is 24.3 Å². The molecule has 10 heteroatoms. The zero-order valence-corrected chi connectivity index (χ0v) is 15.6. The van der Waals surface area contributed by atoms with Crippen LogP contribution in [0.5, 0.6) is 0 Å². The molecule has 2 aromatic rings. The van der Waals surface area contributed by atoms with E-state index in [4.69, 9.17) is 74.0 Å². The highest BCUT2D eigenvalue weighted by Gasteiger charge is 2.35. The minimum Gasteiger partial charge on any atom is -0.459 e. The largest absolute Gasteiger partial charge is 0.459 e. The van der Waals surface area contributed by atoms with Crippen molar-refractivity contribution >= 4 is 81.2 Å². The van der Waals surface area contributed by atoms with Gasteiger partial charge < -0.3 is 15.1 Å². The highest BCUT2D eigenvalue weighted by Crippen LogP contribution is 2.37. The Morgan fingerprint density at radius 2 is 1.74 bits per heavy atom. The van der Waals surface area contributed by atoms with Gasteiger partial charge in [-0.2, -0.15) is 0 Å². The van der Waals surface area contributed by atoms with E-state index >= 15 is 0 Å². The van der Waals surface area contributed by atoms with E-state index in [1.807, 2.05) is 0 Å². The van der Waals surface area contributed by atoms with E-state index in [-0.39, 0.29) is 21.5 Å². The van der Waals surface area contributed by atoms with Gasteiger partial charge in [0.1, 0.15) is 6.17 Å². The summed E-state index contributed by atoms with van der Waals surface area (Å²) in [7, 11) is 0. The zero-order chi connectivity index (χ0) is 17.2.